The number of carbonyl (C=O) groups is 1. The van der Waals surface area contributed by atoms with E-state index in [4.69, 9.17) is 27.9 Å². The van der Waals surface area contributed by atoms with Crippen LogP contribution in [0, 0.1) is 0 Å². The molecule has 1 aliphatic heterocycles. The molecule has 1 aromatic carbocycles. The van der Waals surface area contributed by atoms with Crippen molar-refractivity contribution in [2.24, 2.45) is 0 Å². The predicted octanol–water partition coefficient (Wildman–Crippen LogP) is 4.89. The van der Waals surface area contributed by atoms with Crippen LogP contribution in [0.5, 0.6) is 0 Å². The van der Waals surface area contributed by atoms with E-state index in [0.29, 0.717) is 40.0 Å². The minimum Gasteiger partial charge on any atom is -0.463 e. The number of allylic oxidation sites excluding steroid dienone is 1. The minimum absolute atomic E-state index is 0.295. The van der Waals surface area contributed by atoms with Crippen LogP contribution in [0.2, 0.25) is 10.0 Å². The number of carbonyl (C=O) groups excluding carboxylic acids is 1. The Morgan fingerprint density at radius 2 is 2.00 bits per heavy atom. The number of ether oxygens (including phenoxy) is 1. The van der Waals surface area contributed by atoms with Gasteiger partial charge in [0.05, 0.1) is 18.1 Å². The van der Waals surface area contributed by atoms with Crippen LogP contribution in [0.4, 0.5) is 5.82 Å². The highest BCUT2D eigenvalue weighted by Gasteiger charge is 2.37. The van der Waals surface area contributed by atoms with Gasteiger partial charge in [-0.25, -0.2) is 4.79 Å². The van der Waals surface area contributed by atoms with E-state index in [1.807, 2.05) is 0 Å². The SMILES string of the molecule is CCCC1=C(C(=O)OCC)C(c2c(Cl)cccc2Cl)c2c[nH]nc2N1. The number of nitrogens with zero attached hydrogens (tertiary/aromatic N) is 1. The van der Waals surface area contributed by atoms with Gasteiger partial charge >= 0.3 is 5.97 Å². The van der Waals surface area contributed by atoms with E-state index >= 15 is 0 Å². The second-order valence-corrected chi connectivity index (χ2v) is 6.56. The van der Waals surface area contributed by atoms with Crippen LogP contribution in [0.1, 0.15) is 43.7 Å². The first-order chi connectivity index (χ1) is 12.1. The van der Waals surface area contributed by atoms with Gasteiger partial charge in [-0.2, -0.15) is 5.10 Å². The van der Waals surface area contributed by atoms with Crippen molar-refractivity contribution in [3.05, 3.63) is 56.8 Å². The maximum atomic E-state index is 12.8. The van der Waals surface area contributed by atoms with Gasteiger partial charge < -0.3 is 10.1 Å². The Bertz CT molecular complexity index is 809. The van der Waals surface area contributed by atoms with Crippen molar-refractivity contribution < 1.29 is 9.53 Å². The van der Waals surface area contributed by atoms with Crippen LogP contribution in [0.15, 0.2) is 35.7 Å². The smallest absolute Gasteiger partial charge is 0.336 e. The van der Waals surface area contributed by atoms with Crippen molar-refractivity contribution in [2.75, 3.05) is 11.9 Å². The summed E-state index contributed by atoms with van der Waals surface area (Å²) in [7, 11) is 0. The molecular weight excluding hydrogens is 361 g/mol. The summed E-state index contributed by atoms with van der Waals surface area (Å²) in [6.45, 7) is 4.13. The molecule has 25 heavy (non-hydrogen) atoms. The van der Waals surface area contributed by atoms with Crippen LogP contribution in [-0.2, 0) is 9.53 Å². The quantitative estimate of drug-likeness (QED) is 0.725. The zero-order valence-electron chi connectivity index (χ0n) is 14.0. The first-order valence-corrected chi connectivity index (χ1v) is 8.98. The maximum Gasteiger partial charge on any atom is 0.336 e. The summed E-state index contributed by atoms with van der Waals surface area (Å²) in [5.74, 6) is -0.124. The van der Waals surface area contributed by atoms with Crippen molar-refractivity contribution in [1.82, 2.24) is 10.2 Å². The van der Waals surface area contributed by atoms with Crippen molar-refractivity contribution in [1.29, 1.82) is 0 Å². The average molecular weight is 380 g/mol. The molecule has 0 aliphatic carbocycles. The summed E-state index contributed by atoms with van der Waals surface area (Å²) in [5, 5.41) is 11.4. The summed E-state index contributed by atoms with van der Waals surface area (Å²) >= 11 is 12.9. The van der Waals surface area contributed by atoms with Gasteiger partial charge in [0.15, 0.2) is 5.82 Å². The van der Waals surface area contributed by atoms with Gasteiger partial charge in [-0.3, -0.25) is 5.10 Å². The Labute approximate surface area is 156 Å². The first-order valence-electron chi connectivity index (χ1n) is 8.23. The standard InChI is InChI=1S/C18H19Cl2N3O2/c1-3-6-13-16(18(24)25-4-2)14(10-9-21-23-17(10)22-13)15-11(19)7-5-8-12(15)20/h5,7-9,14H,3-4,6H2,1-2H3,(H2,21,22,23). The number of fused-ring (bicyclic) bond motifs is 1. The van der Waals surface area contributed by atoms with E-state index in [-0.39, 0.29) is 5.97 Å². The molecule has 0 spiro atoms. The van der Waals surface area contributed by atoms with E-state index < -0.39 is 5.92 Å². The van der Waals surface area contributed by atoms with Crippen molar-refractivity contribution in [2.45, 2.75) is 32.6 Å². The van der Waals surface area contributed by atoms with Crippen LogP contribution < -0.4 is 5.32 Å². The zero-order valence-corrected chi connectivity index (χ0v) is 15.5. The zero-order chi connectivity index (χ0) is 18.0. The van der Waals surface area contributed by atoms with Gasteiger partial charge in [-0.15, -0.1) is 0 Å². The lowest BCUT2D eigenvalue weighted by Gasteiger charge is -2.29. The van der Waals surface area contributed by atoms with Gasteiger partial charge in [-0.1, -0.05) is 42.6 Å². The molecule has 2 heterocycles. The Kier molecular flexibility index (Phi) is 5.35. The van der Waals surface area contributed by atoms with Crippen molar-refractivity contribution >= 4 is 35.0 Å². The Morgan fingerprint density at radius 3 is 2.64 bits per heavy atom. The number of nitrogens with one attached hydrogen (secondary N) is 2. The number of anilines is 1. The number of hydrogen-bond acceptors (Lipinski definition) is 4. The summed E-state index contributed by atoms with van der Waals surface area (Å²) < 4.78 is 5.33. The molecule has 1 aromatic heterocycles. The number of rotatable bonds is 5. The molecule has 1 aliphatic rings. The highest BCUT2D eigenvalue weighted by atomic mass is 35.5. The molecule has 1 atom stereocenters. The van der Waals surface area contributed by atoms with Crippen LogP contribution in [0.3, 0.4) is 0 Å². The van der Waals surface area contributed by atoms with Crippen molar-refractivity contribution in [3.8, 4) is 0 Å². The Hall–Kier alpha value is -1.98. The Balaban J connectivity index is 2.25. The molecule has 0 bridgehead atoms. The molecule has 0 amide bonds. The van der Waals surface area contributed by atoms with E-state index in [0.717, 1.165) is 17.7 Å². The number of aromatic nitrogens is 2. The van der Waals surface area contributed by atoms with E-state index in [1.165, 1.54) is 0 Å². The molecular formula is C18H19Cl2N3O2. The fraction of sp³-hybridized carbons (Fsp3) is 0.333. The summed E-state index contributed by atoms with van der Waals surface area (Å²) in [6.07, 6.45) is 3.32. The fourth-order valence-electron chi connectivity index (χ4n) is 3.14. The minimum atomic E-state index is -0.434. The number of hydrogen-bond donors (Lipinski definition) is 2. The lowest BCUT2D eigenvalue weighted by atomic mass is 9.82. The maximum absolute atomic E-state index is 12.8. The van der Waals surface area contributed by atoms with E-state index in [2.05, 4.69) is 22.4 Å². The molecule has 1 unspecified atom stereocenters. The highest BCUT2D eigenvalue weighted by molar-refractivity contribution is 6.36. The van der Waals surface area contributed by atoms with Crippen LogP contribution in [-0.4, -0.2) is 22.8 Å². The molecule has 7 heteroatoms. The molecule has 0 saturated carbocycles. The van der Waals surface area contributed by atoms with Gasteiger partial charge in [-0.05, 0) is 25.5 Å². The second-order valence-electron chi connectivity index (χ2n) is 5.75. The Morgan fingerprint density at radius 1 is 1.28 bits per heavy atom. The predicted molar refractivity (Wildman–Crippen MR) is 99.1 cm³/mol. The van der Waals surface area contributed by atoms with Crippen LogP contribution in [0.25, 0.3) is 0 Å². The van der Waals surface area contributed by atoms with Gasteiger partial charge in [0.1, 0.15) is 0 Å². The van der Waals surface area contributed by atoms with Gasteiger partial charge in [0.25, 0.3) is 0 Å². The fourth-order valence-corrected chi connectivity index (χ4v) is 3.76. The number of H-pyrrole nitrogens is 1. The van der Waals surface area contributed by atoms with Gasteiger partial charge in [0, 0.05) is 33.1 Å². The third-order valence-corrected chi connectivity index (χ3v) is 4.81. The molecule has 3 rings (SSSR count). The second kappa shape index (κ2) is 7.50. The summed E-state index contributed by atoms with van der Waals surface area (Å²) in [5.41, 5.74) is 2.83. The third-order valence-electron chi connectivity index (χ3n) is 4.15. The molecule has 0 saturated heterocycles. The first kappa shape index (κ1) is 17.8. The molecule has 5 nitrogen and oxygen atoms in total. The molecule has 2 N–H and O–H groups in total. The largest absolute Gasteiger partial charge is 0.463 e. The highest BCUT2D eigenvalue weighted by Crippen LogP contribution is 2.46. The van der Waals surface area contributed by atoms with Crippen molar-refractivity contribution in [3.63, 3.8) is 0 Å². The van der Waals surface area contributed by atoms with Gasteiger partial charge in [0.2, 0.25) is 0 Å². The average Bonchev–Trinajstić information content (AvgIpc) is 3.03. The lowest BCUT2D eigenvalue weighted by Crippen LogP contribution is -2.25. The number of aromatic amines is 1. The lowest BCUT2D eigenvalue weighted by molar-refractivity contribution is -0.138. The van der Waals surface area contributed by atoms with Crippen LogP contribution >= 0.6 is 23.2 Å². The molecule has 132 valence electrons. The molecule has 0 radical (unpaired) electrons. The monoisotopic (exact) mass is 379 g/mol. The summed E-state index contributed by atoms with van der Waals surface area (Å²) in [4.78, 5) is 12.8. The number of halogens is 2. The summed E-state index contributed by atoms with van der Waals surface area (Å²) in [6, 6.07) is 5.33. The van der Waals surface area contributed by atoms with E-state index in [1.54, 1.807) is 31.3 Å². The normalized spacial score (nSPS) is 16.4. The number of esters is 1. The molecule has 0 fully saturated rings. The topological polar surface area (TPSA) is 67.0 Å². The van der Waals surface area contributed by atoms with E-state index in [9.17, 15) is 4.79 Å². The number of benzene rings is 1. The molecule has 2 aromatic rings. The third kappa shape index (κ3) is 3.26.